The van der Waals surface area contributed by atoms with Gasteiger partial charge >= 0.3 is 0 Å². The maximum atomic E-state index is 12.0. The Labute approximate surface area is 115 Å². The average Bonchev–Trinajstić information content (AvgIpc) is 2.26. The smallest absolute Gasteiger partial charge is 0.189 e. The highest BCUT2D eigenvalue weighted by molar-refractivity contribution is 5.80. The van der Waals surface area contributed by atoms with Crippen molar-refractivity contribution >= 4 is 10.9 Å². The van der Waals surface area contributed by atoms with E-state index in [0.717, 1.165) is 10.9 Å². The molecule has 0 amide bonds. The molecule has 2 heteroatoms. The molecule has 0 aliphatic carbocycles. The molecular weight excluding hydrogens is 234 g/mol. The summed E-state index contributed by atoms with van der Waals surface area (Å²) in [4.78, 5) is 12.0. The van der Waals surface area contributed by atoms with E-state index in [-0.39, 0.29) is 16.4 Å². The Morgan fingerprint density at radius 2 is 1.58 bits per heavy atom. The Hall–Kier alpha value is -1.57. The van der Waals surface area contributed by atoms with Crippen molar-refractivity contribution in [1.29, 1.82) is 0 Å². The lowest BCUT2D eigenvalue weighted by Gasteiger charge is -2.27. The van der Waals surface area contributed by atoms with E-state index in [4.69, 9.17) is 0 Å². The molecule has 0 unspecified atom stereocenters. The fourth-order valence-electron chi connectivity index (χ4n) is 2.30. The second-order valence-corrected chi connectivity index (χ2v) is 7.20. The summed E-state index contributed by atoms with van der Waals surface area (Å²) >= 11 is 0. The van der Waals surface area contributed by atoms with Crippen molar-refractivity contribution < 1.29 is 0 Å². The van der Waals surface area contributed by atoms with Gasteiger partial charge in [-0.25, -0.2) is 0 Å². The van der Waals surface area contributed by atoms with Crippen molar-refractivity contribution in [2.45, 2.75) is 52.5 Å². The van der Waals surface area contributed by atoms with Crippen LogP contribution in [0.15, 0.2) is 35.3 Å². The van der Waals surface area contributed by atoms with Crippen molar-refractivity contribution in [2.75, 3.05) is 0 Å². The van der Waals surface area contributed by atoms with E-state index in [0.29, 0.717) is 0 Å². The van der Waals surface area contributed by atoms with E-state index >= 15 is 0 Å². The predicted molar refractivity (Wildman–Crippen MR) is 81.9 cm³/mol. The summed E-state index contributed by atoms with van der Waals surface area (Å²) in [6.07, 6.45) is 1.90. The number of benzene rings is 1. The third-order valence-corrected chi connectivity index (χ3v) is 3.49. The van der Waals surface area contributed by atoms with E-state index in [1.165, 1.54) is 5.56 Å². The minimum Gasteiger partial charge on any atom is -0.342 e. The van der Waals surface area contributed by atoms with Crippen LogP contribution >= 0.6 is 0 Å². The molecule has 1 aromatic carbocycles. The molecule has 0 N–H and O–H groups in total. The van der Waals surface area contributed by atoms with Crippen molar-refractivity contribution in [2.24, 2.45) is 0 Å². The molecule has 0 bridgehead atoms. The minimum atomic E-state index is -0.0392. The van der Waals surface area contributed by atoms with Gasteiger partial charge in [-0.2, -0.15) is 0 Å². The molecule has 0 saturated heterocycles. The van der Waals surface area contributed by atoms with Crippen LogP contribution in [0.4, 0.5) is 0 Å². The standard InChI is InChI=1S/C17H23NO/c1-16(2,3)12-7-8-13-14(11-12)18(17(4,5)6)10-9-15(13)19/h7-11H,1-6H3. The first-order valence-electron chi connectivity index (χ1n) is 6.77. The molecule has 1 aromatic heterocycles. The van der Waals surface area contributed by atoms with Crippen molar-refractivity contribution in [1.82, 2.24) is 4.57 Å². The summed E-state index contributed by atoms with van der Waals surface area (Å²) < 4.78 is 2.18. The van der Waals surface area contributed by atoms with Gasteiger partial charge in [-0.1, -0.05) is 26.8 Å². The lowest BCUT2D eigenvalue weighted by Crippen LogP contribution is -2.24. The van der Waals surface area contributed by atoms with E-state index in [9.17, 15) is 4.79 Å². The van der Waals surface area contributed by atoms with Crippen LogP contribution in [0.25, 0.3) is 10.9 Å². The summed E-state index contributed by atoms with van der Waals surface area (Å²) in [6, 6.07) is 7.84. The maximum absolute atomic E-state index is 12.0. The first-order chi connectivity index (χ1) is 8.60. The summed E-state index contributed by atoms with van der Waals surface area (Å²) in [6.45, 7) is 13.0. The molecule has 2 aromatic rings. The number of hydrogen-bond donors (Lipinski definition) is 0. The molecule has 0 fully saturated rings. The molecule has 19 heavy (non-hydrogen) atoms. The summed E-state index contributed by atoms with van der Waals surface area (Å²) in [5.74, 6) is 0. The fraction of sp³-hybridized carbons (Fsp3) is 0.471. The van der Waals surface area contributed by atoms with Crippen LogP contribution < -0.4 is 5.43 Å². The van der Waals surface area contributed by atoms with Crippen molar-refractivity contribution in [3.8, 4) is 0 Å². The molecule has 1 heterocycles. The molecule has 0 atom stereocenters. The third kappa shape index (κ3) is 2.58. The van der Waals surface area contributed by atoms with Crippen LogP contribution in [0, 0.1) is 0 Å². The molecule has 0 radical (unpaired) electrons. The van der Waals surface area contributed by atoms with Gasteiger partial charge in [0.2, 0.25) is 0 Å². The quantitative estimate of drug-likeness (QED) is 0.697. The summed E-state index contributed by atoms with van der Waals surface area (Å²) in [5, 5.41) is 0.797. The number of hydrogen-bond acceptors (Lipinski definition) is 1. The number of aromatic nitrogens is 1. The average molecular weight is 257 g/mol. The molecule has 0 saturated carbocycles. The highest BCUT2D eigenvalue weighted by Crippen LogP contribution is 2.27. The van der Waals surface area contributed by atoms with Crippen LogP contribution in [0.3, 0.4) is 0 Å². The monoisotopic (exact) mass is 257 g/mol. The highest BCUT2D eigenvalue weighted by atomic mass is 16.1. The number of nitrogens with zero attached hydrogens (tertiary/aromatic N) is 1. The van der Waals surface area contributed by atoms with E-state index < -0.39 is 0 Å². The van der Waals surface area contributed by atoms with Crippen LogP contribution in [-0.2, 0) is 11.0 Å². The van der Waals surface area contributed by atoms with Gasteiger partial charge in [0.1, 0.15) is 0 Å². The Morgan fingerprint density at radius 3 is 2.11 bits per heavy atom. The molecular formula is C17H23NO. The normalized spacial score (nSPS) is 12.9. The number of pyridine rings is 1. The van der Waals surface area contributed by atoms with Gasteiger partial charge < -0.3 is 4.57 Å². The Kier molecular flexibility index (Phi) is 3.08. The fourth-order valence-corrected chi connectivity index (χ4v) is 2.30. The Bertz CT molecular complexity index is 666. The van der Waals surface area contributed by atoms with E-state index in [2.05, 4.69) is 58.2 Å². The maximum Gasteiger partial charge on any atom is 0.189 e. The van der Waals surface area contributed by atoms with Gasteiger partial charge in [0.15, 0.2) is 5.43 Å². The largest absolute Gasteiger partial charge is 0.342 e. The SMILES string of the molecule is CC(C)(C)c1ccc2c(=O)ccn(C(C)(C)C)c2c1. The molecule has 102 valence electrons. The van der Waals surface area contributed by atoms with E-state index in [1.54, 1.807) is 6.07 Å². The topological polar surface area (TPSA) is 22.0 Å². The van der Waals surface area contributed by atoms with Crippen LogP contribution in [0.1, 0.15) is 47.1 Å². The predicted octanol–water partition coefficient (Wildman–Crippen LogP) is 4.05. The molecule has 0 aliphatic heterocycles. The minimum absolute atomic E-state index is 0.0392. The molecule has 0 spiro atoms. The zero-order chi connectivity index (χ0) is 14.4. The van der Waals surface area contributed by atoms with Crippen LogP contribution in [-0.4, -0.2) is 4.57 Å². The Balaban J connectivity index is 2.86. The van der Waals surface area contributed by atoms with Crippen molar-refractivity contribution in [3.05, 3.63) is 46.2 Å². The zero-order valence-electron chi connectivity index (χ0n) is 12.7. The third-order valence-electron chi connectivity index (χ3n) is 3.49. The number of fused-ring (bicyclic) bond motifs is 1. The van der Waals surface area contributed by atoms with Gasteiger partial charge in [0.05, 0.1) is 5.52 Å². The second kappa shape index (κ2) is 4.22. The first kappa shape index (κ1) is 13.9. The van der Waals surface area contributed by atoms with Gasteiger partial charge in [-0.3, -0.25) is 4.79 Å². The molecule has 2 nitrogen and oxygen atoms in total. The lowest BCUT2D eigenvalue weighted by molar-refractivity contribution is 0.408. The molecule has 2 rings (SSSR count). The lowest BCUT2D eigenvalue weighted by atomic mass is 9.86. The van der Waals surface area contributed by atoms with Gasteiger partial charge in [0, 0.05) is 23.2 Å². The summed E-state index contributed by atoms with van der Waals surface area (Å²) in [5.41, 5.74) is 2.41. The van der Waals surface area contributed by atoms with Gasteiger partial charge in [-0.05, 0) is 43.9 Å². The van der Waals surface area contributed by atoms with Gasteiger partial charge in [-0.15, -0.1) is 0 Å². The first-order valence-corrected chi connectivity index (χ1v) is 6.77. The second-order valence-electron chi connectivity index (χ2n) is 7.20. The van der Waals surface area contributed by atoms with Crippen LogP contribution in [0.5, 0.6) is 0 Å². The highest BCUT2D eigenvalue weighted by Gasteiger charge is 2.18. The van der Waals surface area contributed by atoms with E-state index in [1.807, 2.05) is 12.3 Å². The molecule has 0 aliphatic rings. The Morgan fingerprint density at radius 1 is 0.947 bits per heavy atom. The number of rotatable bonds is 0. The van der Waals surface area contributed by atoms with Crippen molar-refractivity contribution in [3.63, 3.8) is 0 Å². The summed E-state index contributed by atoms with van der Waals surface area (Å²) in [7, 11) is 0. The van der Waals surface area contributed by atoms with Gasteiger partial charge in [0.25, 0.3) is 0 Å². The van der Waals surface area contributed by atoms with Crippen LogP contribution in [0.2, 0.25) is 0 Å². The zero-order valence-corrected chi connectivity index (χ0v) is 12.7.